The van der Waals surface area contributed by atoms with Crippen molar-refractivity contribution in [3.05, 3.63) is 71.3 Å². The summed E-state index contributed by atoms with van der Waals surface area (Å²) in [5, 5.41) is 3.15. The molecular formula is C23H29N3O2. The SMILES string of the molecule is CN(C)[C@H](CNC(=O)[C@@H]1C[C@@]1(C)c1ccccc1)Cc1ccc(C(N)=O)cc1. The van der Waals surface area contributed by atoms with Crippen LogP contribution in [0.15, 0.2) is 54.6 Å². The normalized spacial score (nSPS) is 21.9. The van der Waals surface area contributed by atoms with Gasteiger partial charge in [-0.3, -0.25) is 9.59 Å². The van der Waals surface area contributed by atoms with Gasteiger partial charge in [-0.15, -0.1) is 0 Å². The first-order valence-corrected chi connectivity index (χ1v) is 9.69. The van der Waals surface area contributed by atoms with E-state index in [1.54, 1.807) is 12.1 Å². The molecule has 3 rings (SSSR count). The van der Waals surface area contributed by atoms with Gasteiger partial charge in [0.2, 0.25) is 11.8 Å². The van der Waals surface area contributed by atoms with Crippen molar-refractivity contribution in [3.8, 4) is 0 Å². The molecule has 0 aromatic heterocycles. The second-order valence-corrected chi connectivity index (χ2v) is 8.17. The Labute approximate surface area is 166 Å². The maximum atomic E-state index is 12.7. The van der Waals surface area contributed by atoms with Crippen LogP contribution in [-0.2, 0) is 16.6 Å². The van der Waals surface area contributed by atoms with Crippen LogP contribution in [0.25, 0.3) is 0 Å². The molecule has 3 N–H and O–H groups in total. The standard InChI is InChI=1S/C23H29N3O2/c1-23(18-7-5-4-6-8-18)14-20(23)22(28)25-15-19(26(2)3)13-16-9-11-17(12-10-16)21(24)27/h4-12,19-20H,13-15H2,1-3H3,(H2,24,27)(H,25,28)/t19-,20-,23-/m0/s1. The van der Waals surface area contributed by atoms with E-state index in [4.69, 9.17) is 5.73 Å². The molecule has 28 heavy (non-hydrogen) atoms. The fraction of sp³-hybridized carbons (Fsp3) is 0.391. The van der Waals surface area contributed by atoms with Crippen LogP contribution in [0.5, 0.6) is 0 Å². The number of nitrogens with two attached hydrogens (primary N) is 1. The number of nitrogens with zero attached hydrogens (tertiary/aromatic N) is 1. The number of benzene rings is 2. The molecule has 1 saturated carbocycles. The molecule has 1 aliphatic rings. The van der Waals surface area contributed by atoms with Gasteiger partial charge in [-0.1, -0.05) is 49.4 Å². The molecule has 2 amide bonds. The van der Waals surface area contributed by atoms with Crippen molar-refractivity contribution in [3.63, 3.8) is 0 Å². The van der Waals surface area contributed by atoms with Gasteiger partial charge in [-0.05, 0) is 50.2 Å². The molecule has 2 aromatic carbocycles. The highest BCUT2D eigenvalue weighted by Gasteiger charge is 2.55. The molecule has 1 aliphatic carbocycles. The van der Waals surface area contributed by atoms with Gasteiger partial charge in [0.25, 0.3) is 0 Å². The largest absolute Gasteiger partial charge is 0.366 e. The minimum absolute atomic E-state index is 0.0348. The summed E-state index contributed by atoms with van der Waals surface area (Å²) in [7, 11) is 4.03. The molecule has 148 valence electrons. The van der Waals surface area contributed by atoms with Gasteiger partial charge in [-0.25, -0.2) is 0 Å². The highest BCUT2D eigenvalue weighted by atomic mass is 16.2. The van der Waals surface area contributed by atoms with E-state index in [0.29, 0.717) is 12.1 Å². The average molecular weight is 380 g/mol. The van der Waals surface area contributed by atoms with Crippen LogP contribution >= 0.6 is 0 Å². The average Bonchev–Trinajstić information content (AvgIpc) is 3.39. The fourth-order valence-electron chi connectivity index (χ4n) is 3.74. The number of nitrogens with one attached hydrogen (secondary N) is 1. The van der Waals surface area contributed by atoms with Crippen molar-refractivity contribution in [2.24, 2.45) is 11.7 Å². The summed E-state index contributed by atoms with van der Waals surface area (Å²) >= 11 is 0. The van der Waals surface area contributed by atoms with Crippen molar-refractivity contribution < 1.29 is 9.59 Å². The monoisotopic (exact) mass is 379 g/mol. The van der Waals surface area contributed by atoms with E-state index in [2.05, 4.69) is 29.3 Å². The van der Waals surface area contributed by atoms with Crippen LogP contribution in [0.1, 0.15) is 34.8 Å². The number of hydrogen-bond acceptors (Lipinski definition) is 3. The Bertz CT molecular complexity index is 833. The van der Waals surface area contributed by atoms with E-state index >= 15 is 0 Å². The Morgan fingerprint density at radius 3 is 2.36 bits per heavy atom. The van der Waals surface area contributed by atoms with Gasteiger partial charge in [0.05, 0.1) is 0 Å². The number of rotatable bonds is 8. The van der Waals surface area contributed by atoms with E-state index < -0.39 is 5.91 Å². The van der Waals surface area contributed by atoms with E-state index in [0.717, 1.165) is 18.4 Å². The summed E-state index contributed by atoms with van der Waals surface area (Å²) in [4.78, 5) is 26.0. The highest BCUT2D eigenvalue weighted by molar-refractivity contribution is 5.92. The van der Waals surface area contributed by atoms with Crippen LogP contribution < -0.4 is 11.1 Å². The third-order valence-corrected chi connectivity index (χ3v) is 5.94. The van der Waals surface area contributed by atoms with Crippen molar-refractivity contribution in [1.82, 2.24) is 10.2 Å². The summed E-state index contributed by atoms with van der Waals surface area (Å²) in [5.74, 6) is -0.260. The fourth-order valence-corrected chi connectivity index (χ4v) is 3.74. The summed E-state index contributed by atoms with van der Waals surface area (Å²) in [6.45, 7) is 2.75. The summed E-state index contributed by atoms with van der Waals surface area (Å²) in [6, 6.07) is 17.8. The third-order valence-electron chi connectivity index (χ3n) is 5.94. The molecule has 5 heteroatoms. The molecule has 1 fully saturated rings. The lowest BCUT2D eigenvalue weighted by atomic mass is 9.95. The van der Waals surface area contributed by atoms with Crippen molar-refractivity contribution in [2.45, 2.75) is 31.2 Å². The van der Waals surface area contributed by atoms with Crippen LogP contribution in [0.2, 0.25) is 0 Å². The van der Waals surface area contributed by atoms with Crippen molar-refractivity contribution in [1.29, 1.82) is 0 Å². The molecule has 0 heterocycles. The van der Waals surface area contributed by atoms with Crippen LogP contribution in [0.4, 0.5) is 0 Å². The number of primary amides is 1. The third kappa shape index (κ3) is 4.42. The zero-order valence-corrected chi connectivity index (χ0v) is 16.8. The molecule has 0 saturated heterocycles. The maximum absolute atomic E-state index is 12.7. The van der Waals surface area contributed by atoms with E-state index in [1.165, 1.54) is 5.56 Å². The number of hydrogen-bond donors (Lipinski definition) is 2. The number of likely N-dealkylation sites (N-methyl/N-ethyl adjacent to an activating group) is 1. The molecule has 0 bridgehead atoms. The molecule has 0 unspecified atom stereocenters. The second-order valence-electron chi connectivity index (χ2n) is 8.17. The first kappa shape index (κ1) is 20.1. The predicted octanol–water partition coefficient (Wildman–Crippen LogP) is 2.35. The lowest BCUT2D eigenvalue weighted by molar-refractivity contribution is -0.122. The van der Waals surface area contributed by atoms with Crippen LogP contribution in [-0.4, -0.2) is 43.4 Å². The summed E-state index contributed by atoms with van der Waals surface area (Å²) < 4.78 is 0. The predicted molar refractivity (Wildman–Crippen MR) is 111 cm³/mol. The van der Waals surface area contributed by atoms with E-state index in [1.807, 2.05) is 44.4 Å². The van der Waals surface area contributed by atoms with Crippen LogP contribution in [0.3, 0.4) is 0 Å². The smallest absolute Gasteiger partial charge is 0.248 e. The highest BCUT2D eigenvalue weighted by Crippen LogP contribution is 2.53. The molecule has 0 spiro atoms. The minimum Gasteiger partial charge on any atom is -0.366 e. The number of carbonyl (C=O) groups is 2. The molecule has 2 aromatic rings. The second kappa shape index (κ2) is 8.15. The van der Waals surface area contributed by atoms with Crippen molar-refractivity contribution in [2.75, 3.05) is 20.6 Å². The topological polar surface area (TPSA) is 75.4 Å². The first-order chi connectivity index (χ1) is 13.3. The molecule has 3 atom stereocenters. The van der Waals surface area contributed by atoms with Gasteiger partial charge in [-0.2, -0.15) is 0 Å². The maximum Gasteiger partial charge on any atom is 0.248 e. The van der Waals surface area contributed by atoms with Gasteiger partial charge < -0.3 is 16.0 Å². The van der Waals surface area contributed by atoms with Gasteiger partial charge in [0.15, 0.2) is 0 Å². The Hall–Kier alpha value is -2.66. The first-order valence-electron chi connectivity index (χ1n) is 9.69. The summed E-state index contributed by atoms with van der Waals surface area (Å²) in [6.07, 6.45) is 1.68. The summed E-state index contributed by atoms with van der Waals surface area (Å²) in [5.41, 5.74) is 8.09. The van der Waals surface area contributed by atoms with Gasteiger partial charge >= 0.3 is 0 Å². The lowest BCUT2D eigenvalue weighted by Crippen LogP contribution is -2.42. The molecule has 5 nitrogen and oxygen atoms in total. The zero-order chi connectivity index (χ0) is 20.3. The number of carbonyl (C=O) groups excluding carboxylic acids is 2. The minimum atomic E-state index is -0.422. The zero-order valence-electron chi connectivity index (χ0n) is 16.8. The van der Waals surface area contributed by atoms with Crippen LogP contribution in [0, 0.1) is 5.92 Å². The van der Waals surface area contributed by atoms with Gasteiger partial charge in [0.1, 0.15) is 0 Å². The van der Waals surface area contributed by atoms with Gasteiger partial charge in [0, 0.05) is 29.5 Å². The van der Waals surface area contributed by atoms with Crippen molar-refractivity contribution >= 4 is 11.8 Å². The molecular weight excluding hydrogens is 350 g/mol. The quantitative estimate of drug-likeness (QED) is 0.739. The molecule has 0 radical (unpaired) electrons. The Morgan fingerprint density at radius 1 is 1.14 bits per heavy atom. The number of amides is 2. The Balaban J connectivity index is 1.57. The van der Waals surface area contributed by atoms with E-state index in [9.17, 15) is 9.59 Å². The van der Waals surface area contributed by atoms with E-state index in [-0.39, 0.29) is 23.3 Å². The lowest BCUT2D eigenvalue weighted by Gasteiger charge is -2.25. The Kier molecular flexibility index (Phi) is 5.84. The Morgan fingerprint density at radius 2 is 1.79 bits per heavy atom. The molecule has 0 aliphatic heterocycles.